The largest absolute Gasteiger partial charge is 0.449 e. The van der Waals surface area contributed by atoms with Crippen molar-refractivity contribution < 1.29 is 27.9 Å². The Bertz CT molecular complexity index is 1090. The molecular weight excluding hydrogens is 414 g/mol. The van der Waals surface area contributed by atoms with Gasteiger partial charge in [-0.2, -0.15) is 0 Å². The molecule has 0 radical (unpaired) electrons. The Kier molecular flexibility index (Phi) is 6.53. The fourth-order valence-electron chi connectivity index (χ4n) is 2.43. The lowest BCUT2D eigenvalue weighted by Crippen LogP contribution is -2.30. The quantitative estimate of drug-likeness (QED) is 0.566. The molecule has 3 rings (SSSR count). The zero-order valence-corrected chi connectivity index (χ0v) is 16.5. The number of hydrogen-bond donors (Lipinski definition) is 2. The van der Waals surface area contributed by atoms with Crippen molar-refractivity contribution in [3.8, 4) is 0 Å². The maximum absolute atomic E-state index is 13.7. The van der Waals surface area contributed by atoms with E-state index in [9.17, 15) is 23.2 Å². The van der Waals surface area contributed by atoms with Crippen molar-refractivity contribution in [2.24, 2.45) is 0 Å². The van der Waals surface area contributed by atoms with Gasteiger partial charge in [-0.05, 0) is 48.7 Å². The predicted molar refractivity (Wildman–Crippen MR) is 109 cm³/mol. The van der Waals surface area contributed by atoms with Crippen molar-refractivity contribution in [3.05, 3.63) is 82.1 Å². The van der Waals surface area contributed by atoms with Crippen molar-refractivity contribution in [3.63, 3.8) is 0 Å². The Labute approximate surface area is 174 Å². The van der Waals surface area contributed by atoms with Crippen LogP contribution in [0, 0.1) is 11.6 Å². The van der Waals surface area contributed by atoms with Gasteiger partial charge in [0.1, 0.15) is 11.6 Å². The van der Waals surface area contributed by atoms with Crippen LogP contribution in [0.4, 0.5) is 20.2 Å². The highest BCUT2D eigenvalue weighted by Gasteiger charge is 2.20. The molecule has 9 heteroatoms. The lowest BCUT2D eigenvalue weighted by atomic mass is 10.2. The average molecular weight is 430 g/mol. The molecule has 0 saturated carbocycles. The second kappa shape index (κ2) is 9.27. The van der Waals surface area contributed by atoms with E-state index in [4.69, 9.17) is 4.74 Å². The maximum atomic E-state index is 13.7. The van der Waals surface area contributed by atoms with Crippen LogP contribution in [0.5, 0.6) is 0 Å². The van der Waals surface area contributed by atoms with Crippen LogP contribution in [0.15, 0.2) is 60.0 Å². The monoisotopic (exact) mass is 430 g/mol. The minimum absolute atomic E-state index is 0.117. The van der Waals surface area contributed by atoms with E-state index < -0.39 is 29.6 Å². The van der Waals surface area contributed by atoms with Gasteiger partial charge in [-0.3, -0.25) is 9.59 Å². The molecular formula is C21H16F2N2O4S. The third kappa shape index (κ3) is 5.26. The van der Waals surface area contributed by atoms with Crippen LogP contribution < -0.4 is 10.6 Å². The number of carbonyl (C=O) groups excluding carboxylic acids is 3. The number of benzene rings is 2. The number of rotatable bonds is 6. The summed E-state index contributed by atoms with van der Waals surface area (Å²) in [4.78, 5) is 37.1. The summed E-state index contributed by atoms with van der Waals surface area (Å²) in [6.45, 7) is 1.32. The SMILES string of the molecule is CC(OC(=O)c1cccc(NC(=O)c2cccs2)c1)C(=O)Nc1ccc(F)cc1F. The van der Waals surface area contributed by atoms with E-state index in [0.717, 1.165) is 12.1 Å². The first-order chi connectivity index (χ1) is 14.3. The van der Waals surface area contributed by atoms with Gasteiger partial charge in [0.05, 0.1) is 16.1 Å². The Balaban J connectivity index is 1.62. The van der Waals surface area contributed by atoms with Crippen LogP contribution in [-0.4, -0.2) is 23.9 Å². The molecule has 0 saturated heterocycles. The van der Waals surface area contributed by atoms with Crippen molar-refractivity contribution in [1.29, 1.82) is 0 Å². The number of halogens is 2. The van der Waals surface area contributed by atoms with Gasteiger partial charge in [-0.25, -0.2) is 13.6 Å². The van der Waals surface area contributed by atoms with E-state index in [1.165, 1.54) is 30.4 Å². The van der Waals surface area contributed by atoms with Crippen molar-refractivity contribution in [2.75, 3.05) is 10.6 Å². The second-order valence-corrected chi connectivity index (χ2v) is 7.12. The summed E-state index contributed by atoms with van der Waals surface area (Å²) in [6, 6.07) is 12.1. The molecule has 6 nitrogen and oxygen atoms in total. The third-order valence-electron chi connectivity index (χ3n) is 3.94. The van der Waals surface area contributed by atoms with Gasteiger partial charge in [-0.1, -0.05) is 12.1 Å². The summed E-state index contributed by atoms with van der Waals surface area (Å²) >= 11 is 1.28. The normalized spacial score (nSPS) is 11.4. The molecule has 2 aromatic carbocycles. The topological polar surface area (TPSA) is 84.5 Å². The van der Waals surface area contributed by atoms with Gasteiger partial charge in [0.15, 0.2) is 6.10 Å². The number of thiophene rings is 1. The Morgan fingerprint density at radius 1 is 1.00 bits per heavy atom. The van der Waals surface area contributed by atoms with Crippen LogP contribution >= 0.6 is 11.3 Å². The number of amides is 2. The predicted octanol–water partition coefficient (Wildman–Crippen LogP) is 4.46. The molecule has 0 aliphatic heterocycles. The smallest absolute Gasteiger partial charge is 0.338 e. The molecule has 1 heterocycles. The Morgan fingerprint density at radius 2 is 1.80 bits per heavy atom. The summed E-state index contributed by atoms with van der Waals surface area (Å²) in [5.74, 6) is -3.63. The van der Waals surface area contributed by atoms with Gasteiger partial charge < -0.3 is 15.4 Å². The molecule has 1 aromatic heterocycles. The van der Waals surface area contributed by atoms with Crippen molar-refractivity contribution in [2.45, 2.75) is 13.0 Å². The molecule has 30 heavy (non-hydrogen) atoms. The average Bonchev–Trinajstić information content (AvgIpc) is 3.25. The summed E-state index contributed by atoms with van der Waals surface area (Å²) in [5, 5.41) is 6.68. The standard InChI is InChI=1S/C21H16F2N2O4S/c1-12(19(26)25-17-8-7-14(22)11-16(17)23)29-21(28)13-4-2-5-15(10-13)24-20(27)18-6-3-9-30-18/h2-12H,1H3,(H,24,27)(H,25,26). The molecule has 1 atom stereocenters. The molecule has 0 fully saturated rings. The molecule has 2 amide bonds. The molecule has 3 aromatic rings. The number of nitrogens with one attached hydrogen (secondary N) is 2. The molecule has 1 unspecified atom stereocenters. The highest BCUT2D eigenvalue weighted by Crippen LogP contribution is 2.18. The van der Waals surface area contributed by atoms with Gasteiger partial charge >= 0.3 is 5.97 Å². The third-order valence-corrected chi connectivity index (χ3v) is 4.81. The number of ether oxygens (including phenoxy) is 1. The fraction of sp³-hybridized carbons (Fsp3) is 0.0952. The number of anilines is 2. The van der Waals surface area contributed by atoms with Gasteiger partial charge in [0, 0.05) is 11.8 Å². The molecule has 0 bridgehead atoms. The number of carbonyl (C=O) groups is 3. The van der Waals surface area contributed by atoms with E-state index in [-0.39, 0.29) is 17.2 Å². The minimum atomic E-state index is -1.24. The van der Waals surface area contributed by atoms with Crippen LogP contribution in [0.3, 0.4) is 0 Å². The summed E-state index contributed by atoms with van der Waals surface area (Å²) < 4.78 is 31.7. The zero-order chi connectivity index (χ0) is 21.7. The lowest BCUT2D eigenvalue weighted by molar-refractivity contribution is -0.123. The molecule has 154 valence electrons. The first kappa shape index (κ1) is 21.1. The van der Waals surface area contributed by atoms with Crippen molar-refractivity contribution >= 4 is 40.5 Å². The zero-order valence-electron chi connectivity index (χ0n) is 15.6. The van der Waals surface area contributed by atoms with Crippen LogP contribution in [0.2, 0.25) is 0 Å². The molecule has 2 N–H and O–H groups in total. The fourth-order valence-corrected chi connectivity index (χ4v) is 3.05. The first-order valence-corrected chi connectivity index (χ1v) is 9.63. The summed E-state index contributed by atoms with van der Waals surface area (Å²) in [7, 11) is 0. The van der Waals surface area contributed by atoms with Crippen LogP contribution in [-0.2, 0) is 9.53 Å². The van der Waals surface area contributed by atoms with Crippen LogP contribution in [0.25, 0.3) is 0 Å². The molecule has 0 spiro atoms. The molecule has 0 aliphatic carbocycles. The highest BCUT2D eigenvalue weighted by molar-refractivity contribution is 7.12. The minimum Gasteiger partial charge on any atom is -0.449 e. The van der Waals surface area contributed by atoms with E-state index in [1.54, 1.807) is 29.6 Å². The summed E-state index contributed by atoms with van der Waals surface area (Å²) in [5.41, 5.74) is 0.266. The van der Waals surface area contributed by atoms with Gasteiger partial charge in [0.2, 0.25) is 0 Å². The van der Waals surface area contributed by atoms with E-state index in [0.29, 0.717) is 16.6 Å². The maximum Gasteiger partial charge on any atom is 0.338 e. The lowest BCUT2D eigenvalue weighted by Gasteiger charge is -2.14. The van der Waals surface area contributed by atoms with E-state index in [1.807, 2.05) is 0 Å². The second-order valence-electron chi connectivity index (χ2n) is 6.17. The first-order valence-electron chi connectivity index (χ1n) is 8.75. The van der Waals surface area contributed by atoms with Gasteiger partial charge in [0.25, 0.3) is 11.8 Å². The number of hydrogen-bond acceptors (Lipinski definition) is 5. The van der Waals surface area contributed by atoms with E-state index in [2.05, 4.69) is 10.6 Å². The molecule has 0 aliphatic rings. The van der Waals surface area contributed by atoms with Crippen LogP contribution in [0.1, 0.15) is 27.0 Å². The van der Waals surface area contributed by atoms with Gasteiger partial charge in [-0.15, -0.1) is 11.3 Å². The Hall–Kier alpha value is -3.59. The highest BCUT2D eigenvalue weighted by atomic mass is 32.1. The van der Waals surface area contributed by atoms with E-state index >= 15 is 0 Å². The Morgan fingerprint density at radius 3 is 2.50 bits per heavy atom. The summed E-state index contributed by atoms with van der Waals surface area (Å²) in [6.07, 6.45) is -1.24. The van der Waals surface area contributed by atoms with Crippen molar-refractivity contribution in [1.82, 2.24) is 0 Å². The number of esters is 1.